The number of hydrogen-bond donors (Lipinski definition) is 1. The van der Waals surface area contributed by atoms with E-state index >= 15 is 0 Å². The van der Waals surface area contributed by atoms with Gasteiger partial charge in [0.15, 0.2) is 6.29 Å². The highest BCUT2D eigenvalue weighted by atomic mass is 79.9. The summed E-state index contributed by atoms with van der Waals surface area (Å²) in [6.45, 7) is 1.98. The van der Waals surface area contributed by atoms with Crippen molar-refractivity contribution in [3.8, 4) is 0 Å². The fraction of sp³-hybridized carbons (Fsp3) is 0.111. The molecular weight excluding hydrogens is 232 g/mol. The molecule has 0 radical (unpaired) electrons. The normalized spacial score (nSPS) is 10.6. The summed E-state index contributed by atoms with van der Waals surface area (Å²) in [6, 6.07) is 3.83. The SMILES string of the molecule is Cc1cc2c(C=O)[nH]nc2cc1Br. The summed E-state index contributed by atoms with van der Waals surface area (Å²) in [6.07, 6.45) is 0.780. The van der Waals surface area contributed by atoms with Gasteiger partial charge in [-0.05, 0) is 24.6 Å². The number of aldehydes is 1. The van der Waals surface area contributed by atoms with Gasteiger partial charge in [-0.15, -0.1) is 0 Å². The number of aromatic nitrogens is 2. The number of fused-ring (bicyclic) bond motifs is 1. The van der Waals surface area contributed by atoms with Gasteiger partial charge < -0.3 is 0 Å². The molecule has 0 aliphatic heterocycles. The van der Waals surface area contributed by atoms with Gasteiger partial charge in [-0.2, -0.15) is 5.10 Å². The Morgan fingerprint density at radius 2 is 2.31 bits per heavy atom. The van der Waals surface area contributed by atoms with Crippen LogP contribution in [0.1, 0.15) is 16.1 Å². The number of carbonyl (C=O) groups is 1. The predicted molar refractivity (Wildman–Crippen MR) is 53.9 cm³/mol. The van der Waals surface area contributed by atoms with Crippen LogP contribution in [0.25, 0.3) is 10.9 Å². The van der Waals surface area contributed by atoms with Gasteiger partial charge >= 0.3 is 0 Å². The molecule has 0 amide bonds. The Kier molecular flexibility index (Phi) is 1.92. The van der Waals surface area contributed by atoms with Crippen molar-refractivity contribution in [2.45, 2.75) is 6.92 Å². The van der Waals surface area contributed by atoms with Crippen molar-refractivity contribution < 1.29 is 4.79 Å². The number of benzene rings is 1. The quantitative estimate of drug-likeness (QED) is 0.777. The van der Waals surface area contributed by atoms with Crippen molar-refractivity contribution >= 4 is 33.1 Å². The van der Waals surface area contributed by atoms with E-state index in [9.17, 15) is 4.79 Å². The monoisotopic (exact) mass is 238 g/mol. The lowest BCUT2D eigenvalue weighted by Crippen LogP contribution is -1.80. The van der Waals surface area contributed by atoms with Crippen LogP contribution in [0, 0.1) is 6.92 Å². The van der Waals surface area contributed by atoms with Crippen molar-refractivity contribution in [1.29, 1.82) is 0 Å². The second-order valence-corrected chi connectivity index (χ2v) is 3.73. The van der Waals surface area contributed by atoms with Crippen LogP contribution in [0.2, 0.25) is 0 Å². The van der Waals surface area contributed by atoms with Crippen molar-refractivity contribution in [1.82, 2.24) is 10.2 Å². The van der Waals surface area contributed by atoms with Crippen LogP contribution in [0.4, 0.5) is 0 Å². The molecule has 0 aliphatic rings. The van der Waals surface area contributed by atoms with Crippen molar-refractivity contribution in [2.24, 2.45) is 0 Å². The highest BCUT2D eigenvalue weighted by Crippen LogP contribution is 2.23. The molecule has 3 nitrogen and oxygen atoms in total. The lowest BCUT2D eigenvalue weighted by atomic mass is 10.1. The number of halogens is 1. The molecule has 0 aliphatic carbocycles. The van der Waals surface area contributed by atoms with Gasteiger partial charge in [0.1, 0.15) is 5.69 Å². The van der Waals surface area contributed by atoms with Crippen LogP contribution in [0.5, 0.6) is 0 Å². The number of hydrogen-bond acceptors (Lipinski definition) is 2. The fourth-order valence-corrected chi connectivity index (χ4v) is 1.58. The van der Waals surface area contributed by atoms with Crippen molar-refractivity contribution in [3.63, 3.8) is 0 Å². The Morgan fingerprint density at radius 1 is 1.54 bits per heavy atom. The molecule has 2 aromatic rings. The number of aryl methyl sites for hydroxylation is 1. The number of H-pyrrole nitrogens is 1. The third kappa shape index (κ3) is 1.27. The number of nitrogens with zero attached hydrogens (tertiary/aromatic N) is 1. The maximum atomic E-state index is 10.6. The topological polar surface area (TPSA) is 45.8 Å². The Hall–Kier alpha value is -1.16. The smallest absolute Gasteiger partial charge is 0.168 e. The van der Waals surface area contributed by atoms with Crippen LogP contribution < -0.4 is 0 Å². The molecule has 4 heteroatoms. The van der Waals surface area contributed by atoms with Gasteiger partial charge in [0.25, 0.3) is 0 Å². The van der Waals surface area contributed by atoms with Gasteiger partial charge in [0.2, 0.25) is 0 Å². The van der Waals surface area contributed by atoms with Crippen molar-refractivity contribution in [3.05, 3.63) is 27.9 Å². The first-order valence-electron chi connectivity index (χ1n) is 3.82. The molecule has 0 bridgehead atoms. The first-order valence-corrected chi connectivity index (χ1v) is 4.61. The largest absolute Gasteiger partial charge is 0.296 e. The van der Waals surface area contributed by atoms with Crippen molar-refractivity contribution in [2.75, 3.05) is 0 Å². The average molecular weight is 239 g/mol. The summed E-state index contributed by atoms with van der Waals surface area (Å²) in [5, 5.41) is 7.56. The molecule has 1 aromatic heterocycles. The highest BCUT2D eigenvalue weighted by molar-refractivity contribution is 9.10. The summed E-state index contributed by atoms with van der Waals surface area (Å²) in [7, 11) is 0. The zero-order valence-corrected chi connectivity index (χ0v) is 8.55. The molecule has 0 saturated carbocycles. The minimum Gasteiger partial charge on any atom is -0.296 e. The molecule has 13 heavy (non-hydrogen) atoms. The lowest BCUT2D eigenvalue weighted by molar-refractivity contribution is 0.112. The lowest BCUT2D eigenvalue weighted by Gasteiger charge is -1.96. The third-order valence-electron chi connectivity index (χ3n) is 1.98. The van der Waals surface area contributed by atoms with E-state index in [-0.39, 0.29) is 0 Å². The maximum Gasteiger partial charge on any atom is 0.168 e. The third-order valence-corrected chi connectivity index (χ3v) is 2.84. The molecule has 0 spiro atoms. The predicted octanol–water partition coefficient (Wildman–Crippen LogP) is 2.45. The molecule has 66 valence electrons. The average Bonchev–Trinajstić information content (AvgIpc) is 2.48. The van der Waals surface area contributed by atoms with Gasteiger partial charge in [-0.3, -0.25) is 9.89 Å². The van der Waals surface area contributed by atoms with Crippen LogP contribution >= 0.6 is 15.9 Å². The second kappa shape index (κ2) is 2.96. The maximum absolute atomic E-state index is 10.6. The summed E-state index contributed by atoms with van der Waals surface area (Å²) in [5.74, 6) is 0. The van der Waals surface area contributed by atoms with E-state index < -0.39 is 0 Å². The summed E-state index contributed by atoms with van der Waals surface area (Å²) in [4.78, 5) is 10.6. The molecule has 2 rings (SSSR count). The minimum absolute atomic E-state index is 0.533. The van der Waals surface area contributed by atoms with Crippen LogP contribution in [0.3, 0.4) is 0 Å². The Bertz CT molecular complexity index is 476. The van der Waals surface area contributed by atoms with E-state index in [0.29, 0.717) is 5.69 Å². The second-order valence-electron chi connectivity index (χ2n) is 2.87. The van der Waals surface area contributed by atoms with Gasteiger partial charge in [0, 0.05) is 9.86 Å². The van der Waals surface area contributed by atoms with Crippen LogP contribution in [-0.2, 0) is 0 Å². The molecule has 1 N–H and O–H groups in total. The van der Waals surface area contributed by atoms with Crippen LogP contribution in [-0.4, -0.2) is 16.5 Å². The highest BCUT2D eigenvalue weighted by Gasteiger charge is 2.05. The first-order chi connectivity index (χ1) is 6.22. The van der Waals surface area contributed by atoms with E-state index in [4.69, 9.17) is 0 Å². The first kappa shape index (κ1) is 8.44. The molecule has 0 fully saturated rings. The van der Waals surface area contributed by atoms with E-state index in [1.807, 2.05) is 19.1 Å². The zero-order valence-electron chi connectivity index (χ0n) is 6.97. The van der Waals surface area contributed by atoms with Gasteiger partial charge in [-0.25, -0.2) is 0 Å². The van der Waals surface area contributed by atoms with E-state index in [0.717, 1.165) is 27.2 Å². The Balaban J connectivity index is 2.84. The molecule has 0 atom stereocenters. The van der Waals surface area contributed by atoms with E-state index in [2.05, 4.69) is 26.1 Å². The molecule has 1 heterocycles. The molecule has 1 aromatic carbocycles. The van der Waals surface area contributed by atoms with E-state index in [1.54, 1.807) is 0 Å². The fourth-order valence-electron chi connectivity index (χ4n) is 1.25. The number of carbonyl (C=O) groups excluding carboxylic acids is 1. The standard InChI is InChI=1S/C9H7BrN2O/c1-5-2-6-8(3-7(5)10)11-12-9(6)4-13/h2-4H,1H3,(H,11,12). The number of rotatable bonds is 1. The minimum atomic E-state index is 0.533. The zero-order chi connectivity index (χ0) is 9.42. The van der Waals surface area contributed by atoms with E-state index in [1.165, 1.54) is 0 Å². The number of aromatic amines is 1. The van der Waals surface area contributed by atoms with Gasteiger partial charge in [0.05, 0.1) is 5.52 Å². The molecule has 0 saturated heterocycles. The van der Waals surface area contributed by atoms with Crippen LogP contribution in [0.15, 0.2) is 16.6 Å². The summed E-state index contributed by atoms with van der Waals surface area (Å²) in [5.41, 5.74) is 2.43. The summed E-state index contributed by atoms with van der Waals surface area (Å²) < 4.78 is 1.00. The molecular formula is C9H7BrN2O. The Morgan fingerprint density at radius 3 is 3.00 bits per heavy atom. The Labute approximate surface area is 83.3 Å². The number of nitrogens with one attached hydrogen (secondary N) is 1. The summed E-state index contributed by atoms with van der Waals surface area (Å²) >= 11 is 3.41. The van der Waals surface area contributed by atoms with Gasteiger partial charge in [-0.1, -0.05) is 15.9 Å². The molecule has 0 unspecified atom stereocenters.